The lowest BCUT2D eigenvalue weighted by Crippen LogP contribution is -2.47. The van der Waals surface area contributed by atoms with E-state index in [1.54, 1.807) is 12.4 Å². The third-order valence-corrected chi connectivity index (χ3v) is 15.1. The Balaban J connectivity index is 0.906. The number of nitro groups is 1. The maximum absolute atomic E-state index is 14.2. The first-order valence-corrected chi connectivity index (χ1v) is 24.0. The number of carbonyl (C=O) groups is 1. The fourth-order valence-electron chi connectivity index (χ4n) is 9.77. The average molecular weight is 924 g/mol. The van der Waals surface area contributed by atoms with Crippen LogP contribution in [0.1, 0.15) is 54.6 Å². The molecule has 1 spiro atoms. The Hall–Kier alpha value is -5.79. The molecule has 17 nitrogen and oxygen atoms in total. The van der Waals surface area contributed by atoms with Gasteiger partial charge in [0.1, 0.15) is 23.6 Å². The van der Waals surface area contributed by atoms with Crippen molar-refractivity contribution in [2.45, 2.75) is 49.5 Å². The number of rotatable bonds is 12. The molecule has 3 N–H and O–H groups in total. The minimum Gasteiger partial charge on any atom is -0.474 e. The highest BCUT2D eigenvalue weighted by molar-refractivity contribution is 7.90. The number of benzene rings is 2. The molecule has 2 aromatic carbocycles. The van der Waals surface area contributed by atoms with Crippen LogP contribution in [0.15, 0.2) is 83.5 Å². The zero-order valence-corrected chi connectivity index (χ0v) is 37.3. The molecule has 0 bridgehead atoms. The summed E-state index contributed by atoms with van der Waals surface area (Å²) in [5.41, 5.74) is 6.52. The van der Waals surface area contributed by atoms with Crippen molar-refractivity contribution in [2.75, 3.05) is 87.4 Å². The summed E-state index contributed by atoms with van der Waals surface area (Å²) in [6.45, 7) is 5.93. The van der Waals surface area contributed by atoms with Crippen LogP contribution in [-0.4, -0.2) is 117 Å². The van der Waals surface area contributed by atoms with Gasteiger partial charge in [-0.3, -0.25) is 19.8 Å². The van der Waals surface area contributed by atoms with E-state index in [4.69, 9.17) is 25.8 Å². The lowest BCUT2D eigenvalue weighted by Gasteiger charge is -2.47. The van der Waals surface area contributed by atoms with Crippen molar-refractivity contribution >= 4 is 72.6 Å². The Morgan fingerprint density at radius 1 is 0.985 bits per heavy atom. The van der Waals surface area contributed by atoms with Gasteiger partial charge in [-0.25, -0.2) is 18.1 Å². The van der Waals surface area contributed by atoms with E-state index in [0.717, 1.165) is 54.6 Å². The fraction of sp³-hybridized carbons (Fsp3) is 0.413. The second-order valence-corrected chi connectivity index (χ2v) is 19.6. The number of amides is 1. The highest BCUT2D eigenvalue weighted by Gasteiger charge is 2.41. The van der Waals surface area contributed by atoms with Crippen LogP contribution in [0.4, 0.5) is 28.4 Å². The average Bonchev–Trinajstić information content (AvgIpc) is 3.77. The van der Waals surface area contributed by atoms with E-state index in [0.29, 0.717) is 67.8 Å². The largest absolute Gasteiger partial charge is 0.474 e. The van der Waals surface area contributed by atoms with Crippen LogP contribution in [0.3, 0.4) is 0 Å². The van der Waals surface area contributed by atoms with E-state index in [1.807, 2.05) is 35.2 Å². The molecule has 340 valence electrons. The molecule has 10 rings (SSSR count). The minimum atomic E-state index is -4.62. The van der Waals surface area contributed by atoms with Gasteiger partial charge in [0.25, 0.3) is 21.6 Å². The van der Waals surface area contributed by atoms with Gasteiger partial charge >= 0.3 is 0 Å². The summed E-state index contributed by atoms with van der Waals surface area (Å²) in [5.74, 6) is -0.647. The van der Waals surface area contributed by atoms with Crippen LogP contribution in [0.25, 0.3) is 16.6 Å². The van der Waals surface area contributed by atoms with Gasteiger partial charge < -0.3 is 34.3 Å². The molecular formula is C46H50ClN9O8S. The van der Waals surface area contributed by atoms with Gasteiger partial charge in [-0.2, -0.15) is 4.98 Å². The number of nitrogens with one attached hydrogen (secondary N) is 3. The number of hydrogen-bond donors (Lipinski definition) is 3. The summed E-state index contributed by atoms with van der Waals surface area (Å²) in [5, 5.41) is 16.7. The molecule has 1 unspecified atom stereocenters. The molecule has 3 aliphatic heterocycles. The number of aromatic amines is 1. The topological polar surface area (TPSA) is 197 Å². The second-order valence-electron chi connectivity index (χ2n) is 17.5. The Kier molecular flexibility index (Phi) is 11.9. The van der Waals surface area contributed by atoms with E-state index < -0.39 is 31.4 Å². The van der Waals surface area contributed by atoms with Gasteiger partial charge in [-0.1, -0.05) is 35.7 Å². The summed E-state index contributed by atoms with van der Waals surface area (Å²) in [6, 6.07) is 17.4. The van der Waals surface area contributed by atoms with Gasteiger partial charge in [0.2, 0.25) is 5.88 Å². The fourth-order valence-corrected chi connectivity index (χ4v) is 10.9. The molecule has 5 aromatic rings. The maximum atomic E-state index is 14.2. The number of nitrogens with zero attached hydrogens (tertiary/aromatic N) is 6. The molecule has 2 saturated heterocycles. The first kappa shape index (κ1) is 43.1. The lowest BCUT2D eigenvalue weighted by molar-refractivity contribution is -0.384. The molecule has 0 radical (unpaired) electrons. The molecule has 1 atom stereocenters. The van der Waals surface area contributed by atoms with Crippen molar-refractivity contribution in [1.82, 2.24) is 24.6 Å². The van der Waals surface area contributed by atoms with E-state index in [1.165, 1.54) is 54.5 Å². The van der Waals surface area contributed by atoms with Gasteiger partial charge in [-0.05, 0) is 91.1 Å². The van der Waals surface area contributed by atoms with Crippen LogP contribution in [0.2, 0.25) is 5.02 Å². The van der Waals surface area contributed by atoms with Crippen LogP contribution in [0, 0.1) is 15.5 Å². The van der Waals surface area contributed by atoms with Gasteiger partial charge in [0.05, 0.1) is 59.9 Å². The van der Waals surface area contributed by atoms with Crippen molar-refractivity contribution in [3.8, 4) is 5.88 Å². The van der Waals surface area contributed by atoms with Crippen molar-refractivity contribution in [3.05, 3.63) is 105 Å². The standard InChI is InChI=1S/C46H50ClN9O8S/c47-33-4-2-30(3-5-33)37-25-46(10-1-11-46)12-8-32(37)28-53-14-16-54(17-15-53)34-23-40(55-18-19-64-45-41(55)22-31-9-13-48-43(31)51-45)42(50-26-34)44(57)52-65(60,61)36-6-7-38(39(24-36)56(58)59)49-27-35-29-62-20-21-63-35/h2-7,9,13,22-24,26,35,49H,1,8,10-12,14-21,25,27-29H2,(H,48,51)(H,52,57). The summed E-state index contributed by atoms with van der Waals surface area (Å²) >= 11 is 6.30. The van der Waals surface area contributed by atoms with E-state index in [-0.39, 0.29) is 30.6 Å². The van der Waals surface area contributed by atoms with E-state index >= 15 is 0 Å². The molecule has 3 fully saturated rings. The summed E-state index contributed by atoms with van der Waals surface area (Å²) in [7, 11) is -4.62. The Morgan fingerprint density at radius 2 is 1.82 bits per heavy atom. The first-order valence-electron chi connectivity index (χ1n) is 22.1. The molecule has 3 aromatic heterocycles. The van der Waals surface area contributed by atoms with Crippen LogP contribution in [0.5, 0.6) is 5.88 Å². The number of H-pyrrole nitrogens is 1. The Labute approximate surface area is 381 Å². The molecule has 65 heavy (non-hydrogen) atoms. The number of sulfonamides is 1. The SMILES string of the molecule is O=C(NS(=O)(=O)c1ccc(NCC2COCCO2)c([N+](=O)[O-])c1)c1ncc(N2CCN(CC3=C(c4ccc(Cl)cc4)CC4(CCC4)CC3)CC2)cc1N1CCOc2nc3[nH]ccc3cc21. The molecular weight excluding hydrogens is 874 g/mol. The number of allylic oxidation sites excluding steroid dienone is 1. The molecule has 1 amide bonds. The Bertz CT molecular complexity index is 2770. The number of fused-ring (bicyclic) bond motifs is 2. The lowest BCUT2D eigenvalue weighted by atomic mass is 9.59. The predicted octanol–water partition coefficient (Wildman–Crippen LogP) is 6.93. The van der Waals surface area contributed by atoms with Crippen LogP contribution >= 0.6 is 11.6 Å². The molecule has 6 heterocycles. The van der Waals surface area contributed by atoms with Gasteiger partial charge in [0, 0.05) is 61.9 Å². The van der Waals surface area contributed by atoms with Crippen LogP contribution in [-0.2, 0) is 19.5 Å². The minimum absolute atomic E-state index is 0.0987. The number of anilines is 4. The summed E-state index contributed by atoms with van der Waals surface area (Å²) < 4.78 is 46.9. The predicted molar refractivity (Wildman–Crippen MR) is 247 cm³/mol. The van der Waals surface area contributed by atoms with Crippen molar-refractivity contribution < 1.29 is 32.3 Å². The van der Waals surface area contributed by atoms with Gasteiger partial charge in [0.15, 0.2) is 5.69 Å². The number of pyridine rings is 2. The van der Waals surface area contributed by atoms with Gasteiger partial charge in [-0.15, -0.1) is 0 Å². The number of halogens is 1. The highest BCUT2D eigenvalue weighted by atomic mass is 35.5. The quantitative estimate of drug-likeness (QED) is 0.0861. The third-order valence-electron chi connectivity index (χ3n) is 13.5. The summed E-state index contributed by atoms with van der Waals surface area (Å²) in [4.78, 5) is 44.3. The zero-order chi connectivity index (χ0) is 44.7. The second kappa shape index (κ2) is 17.9. The zero-order valence-electron chi connectivity index (χ0n) is 35.8. The van der Waals surface area contributed by atoms with Crippen molar-refractivity contribution in [3.63, 3.8) is 0 Å². The van der Waals surface area contributed by atoms with Crippen molar-refractivity contribution in [1.29, 1.82) is 0 Å². The normalized spacial score (nSPS) is 20.0. The number of carbonyl (C=O) groups excluding carboxylic acids is 1. The van der Waals surface area contributed by atoms with E-state index in [2.05, 4.69) is 46.9 Å². The maximum Gasteiger partial charge on any atom is 0.293 e. The molecule has 19 heteroatoms. The number of piperazine rings is 1. The molecule has 1 saturated carbocycles. The summed E-state index contributed by atoms with van der Waals surface area (Å²) in [6.07, 6.45) is 10.4. The number of ether oxygens (including phenoxy) is 3. The smallest absolute Gasteiger partial charge is 0.293 e. The molecule has 2 aliphatic carbocycles. The number of aromatic nitrogens is 3. The van der Waals surface area contributed by atoms with E-state index in [9.17, 15) is 23.3 Å². The number of hydrogen-bond acceptors (Lipinski definition) is 14. The Morgan fingerprint density at radius 3 is 2.57 bits per heavy atom. The molecule has 5 aliphatic rings. The van der Waals surface area contributed by atoms with Crippen LogP contribution < -0.4 is 24.6 Å². The highest BCUT2D eigenvalue weighted by Crippen LogP contribution is 2.55. The van der Waals surface area contributed by atoms with Crippen molar-refractivity contribution in [2.24, 2.45) is 5.41 Å². The third kappa shape index (κ3) is 8.97. The monoisotopic (exact) mass is 923 g/mol. The number of nitro benzene ring substituents is 1. The first-order chi connectivity index (χ1) is 31.5.